The van der Waals surface area contributed by atoms with E-state index in [-0.39, 0.29) is 11.8 Å². The van der Waals surface area contributed by atoms with Crippen LogP contribution in [-0.4, -0.2) is 48.6 Å². The van der Waals surface area contributed by atoms with Crippen LogP contribution >= 0.6 is 0 Å². The lowest BCUT2D eigenvalue weighted by Gasteiger charge is -2.37. The number of carbonyl (C=O) groups is 2. The Morgan fingerprint density at radius 1 is 0.867 bits per heavy atom. The molecule has 4 rings (SSSR count). The van der Waals surface area contributed by atoms with E-state index in [9.17, 15) is 9.59 Å². The Hall–Kier alpha value is -3.15. The van der Waals surface area contributed by atoms with E-state index in [4.69, 9.17) is 0 Å². The van der Waals surface area contributed by atoms with Gasteiger partial charge in [-0.15, -0.1) is 0 Å². The number of hydrogen-bond donors (Lipinski definition) is 0. The summed E-state index contributed by atoms with van der Waals surface area (Å²) < 4.78 is 0. The number of carbonyl (C=O) groups excluding carboxylic acids is 2. The monoisotopic (exact) mass is 404 g/mol. The maximum absolute atomic E-state index is 13.1. The summed E-state index contributed by atoms with van der Waals surface area (Å²) in [7, 11) is 0. The number of piperazine rings is 1. The van der Waals surface area contributed by atoms with Gasteiger partial charge in [0.25, 0.3) is 5.91 Å². The lowest BCUT2D eigenvalue weighted by Crippen LogP contribution is -2.51. The molecule has 0 N–H and O–H groups in total. The van der Waals surface area contributed by atoms with E-state index in [0.29, 0.717) is 31.6 Å². The van der Waals surface area contributed by atoms with Crippen LogP contribution in [-0.2, 0) is 9.59 Å². The predicted molar refractivity (Wildman–Crippen MR) is 120 cm³/mol. The fourth-order valence-corrected chi connectivity index (χ4v) is 4.09. The van der Waals surface area contributed by atoms with E-state index in [2.05, 4.69) is 35.1 Å². The van der Waals surface area contributed by atoms with Crippen molar-refractivity contribution in [2.24, 2.45) is 5.10 Å². The number of rotatable bonds is 3. The van der Waals surface area contributed by atoms with Gasteiger partial charge in [0.05, 0.1) is 5.69 Å². The molecule has 2 aliphatic heterocycles. The second kappa shape index (κ2) is 8.30. The van der Waals surface area contributed by atoms with Gasteiger partial charge in [-0.2, -0.15) is 5.10 Å². The van der Waals surface area contributed by atoms with E-state index >= 15 is 0 Å². The van der Waals surface area contributed by atoms with Crippen LogP contribution in [0.5, 0.6) is 0 Å². The van der Waals surface area contributed by atoms with Crippen molar-refractivity contribution in [3.63, 3.8) is 0 Å². The smallest absolute Gasteiger partial charge is 0.270 e. The van der Waals surface area contributed by atoms with Gasteiger partial charge in [-0.05, 0) is 49.6 Å². The molecule has 1 saturated heterocycles. The molecule has 0 radical (unpaired) electrons. The van der Waals surface area contributed by atoms with Crippen molar-refractivity contribution in [1.29, 1.82) is 0 Å². The van der Waals surface area contributed by atoms with Crippen LogP contribution in [0.25, 0.3) is 0 Å². The number of benzene rings is 2. The number of para-hydroxylation sites is 1. The summed E-state index contributed by atoms with van der Waals surface area (Å²) in [5.74, 6) is -0.119. The minimum Gasteiger partial charge on any atom is -0.368 e. The third kappa shape index (κ3) is 3.95. The Morgan fingerprint density at radius 2 is 1.57 bits per heavy atom. The van der Waals surface area contributed by atoms with Crippen LogP contribution in [0.4, 0.5) is 11.4 Å². The molecule has 0 aliphatic carbocycles. The van der Waals surface area contributed by atoms with Crippen LogP contribution in [0, 0.1) is 20.8 Å². The zero-order chi connectivity index (χ0) is 21.3. The molecule has 2 aromatic carbocycles. The molecule has 2 heterocycles. The lowest BCUT2D eigenvalue weighted by molar-refractivity contribution is -0.124. The van der Waals surface area contributed by atoms with Crippen molar-refractivity contribution < 1.29 is 9.59 Å². The number of hydrazone groups is 1. The zero-order valence-electron chi connectivity index (χ0n) is 17.9. The third-order valence-electron chi connectivity index (χ3n) is 5.90. The number of anilines is 2. The molecule has 2 amide bonds. The normalized spacial score (nSPS) is 17.2. The first-order valence-electron chi connectivity index (χ1n) is 10.5. The van der Waals surface area contributed by atoms with Crippen molar-refractivity contribution >= 4 is 28.9 Å². The predicted octanol–water partition coefficient (Wildman–Crippen LogP) is 3.44. The first kappa shape index (κ1) is 20.1. The average Bonchev–Trinajstić information content (AvgIpc) is 2.76. The summed E-state index contributed by atoms with van der Waals surface area (Å²) in [6.07, 6.45) is 0.707. The maximum atomic E-state index is 13.1. The quantitative estimate of drug-likeness (QED) is 0.787. The second-order valence-electron chi connectivity index (χ2n) is 8.11. The highest BCUT2D eigenvalue weighted by atomic mass is 16.2. The minimum absolute atomic E-state index is 0.0535. The Balaban J connectivity index is 1.49. The van der Waals surface area contributed by atoms with Gasteiger partial charge in [0.1, 0.15) is 5.71 Å². The lowest BCUT2D eigenvalue weighted by atomic mass is 10.1. The number of nitrogens with zero attached hydrogens (tertiary/aromatic N) is 4. The molecule has 0 atom stereocenters. The topological polar surface area (TPSA) is 56.2 Å². The maximum Gasteiger partial charge on any atom is 0.270 e. The van der Waals surface area contributed by atoms with Crippen LogP contribution in [0.3, 0.4) is 0 Å². The highest BCUT2D eigenvalue weighted by Crippen LogP contribution is 2.26. The fraction of sp³-hybridized carbons (Fsp3) is 0.375. The highest BCUT2D eigenvalue weighted by Gasteiger charge is 2.30. The van der Waals surface area contributed by atoms with Gasteiger partial charge < -0.3 is 9.80 Å². The van der Waals surface area contributed by atoms with E-state index in [1.165, 1.54) is 16.3 Å². The summed E-state index contributed by atoms with van der Waals surface area (Å²) in [5, 5.41) is 5.92. The minimum atomic E-state index is -0.0652. The molecule has 0 bridgehead atoms. The van der Waals surface area contributed by atoms with Gasteiger partial charge in [0, 0.05) is 44.7 Å². The summed E-state index contributed by atoms with van der Waals surface area (Å²) in [6, 6.07) is 14.3. The highest BCUT2D eigenvalue weighted by molar-refractivity contribution is 6.40. The summed E-state index contributed by atoms with van der Waals surface area (Å²) >= 11 is 0. The van der Waals surface area contributed by atoms with Crippen molar-refractivity contribution in [2.45, 2.75) is 33.6 Å². The van der Waals surface area contributed by atoms with E-state index in [1.54, 1.807) is 0 Å². The molecule has 2 aromatic rings. The molecular weight excluding hydrogens is 376 g/mol. The van der Waals surface area contributed by atoms with Gasteiger partial charge in [0.2, 0.25) is 5.91 Å². The van der Waals surface area contributed by atoms with Crippen LogP contribution in [0.15, 0.2) is 47.6 Å². The van der Waals surface area contributed by atoms with Crippen molar-refractivity contribution in [3.8, 4) is 0 Å². The van der Waals surface area contributed by atoms with Gasteiger partial charge in [-0.3, -0.25) is 9.59 Å². The van der Waals surface area contributed by atoms with Crippen molar-refractivity contribution in [3.05, 3.63) is 59.2 Å². The molecular formula is C24H28N4O2. The van der Waals surface area contributed by atoms with Gasteiger partial charge in [-0.1, -0.05) is 30.3 Å². The van der Waals surface area contributed by atoms with Crippen molar-refractivity contribution in [1.82, 2.24) is 4.90 Å². The molecule has 30 heavy (non-hydrogen) atoms. The van der Waals surface area contributed by atoms with Crippen LogP contribution in [0.1, 0.15) is 29.5 Å². The first-order valence-corrected chi connectivity index (χ1v) is 10.5. The molecule has 0 unspecified atom stereocenters. The van der Waals surface area contributed by atoms with E-state index in [1.807, 2.05) is 43.0 Å². The molecule has 0 aromatic heterocycles. The standard InChI is InChI=1S/C24H28N4O2/c1-17-8-9-19(3)22(16-17)28-23(29)11-10-20(25-28)24(30)27-14-12-26(13-15-27)21-7-5-4-6-18(21)2/h4-9,16H,10-15H2,1-3H3. The molecule has 6 heteroatoms. The Kier molecular flexibility index (Phi) is 5.57. The molecule has 6 nitrogen and oxygen atoms in total. The summed E-state index contributed by atoms with van der Waals surface area (Å²) in [5.41, 5.74) is 5.74. The van der Waals surface area contributed by atoms with Gasteiger partial charge in [0.15, 0.2) is 0 Å². The van der Waals surface area contributed by atoms with E-state index < -0.39 is 0 Å². The SMILES string of the molecule is Cc1ccc(C)c(N2N=C(C(=O)N3CCN(c4ccccc4C)CC3)CCC2=O)c1. The summed E-state index contributed by atoms with van der Waals surface area (Å²) in [4.78, 5) is 29.9. The number of hydrogen-bond acceptors (Lipinski definition) is 4. The van der Waals surface area contributed by atoms with Gasteiger partial charge in [-0.25, -0.2) is 5.01 Å². The number of amides is 2. The summed E-state index contributed by atoms with van der Waals surface area (Å²) in [6.45, 7) is 8.96. The first-order chi connectivity index (χ1) is 14.4. The second-order valence-corrected chi connectivity index (χ2v) is 8.11. The molecule has 2 aliphatic rings. The van der Waals surface area contributed by atoms with Crippen LogP contribution < -0.4 is 9.91 Å². The number of aryl methyl sites for hydroxylation is 3. The van der Waals surface area contributed by atoms with E-state index in [0.717, 1.165) is 29.9 Å². The van der Waals surface area contributed by atoms with Crippen LogP contribution in [0.2, 0.25) is 0 Å². The fourth-order valence-electron chi connectivity index (χ4n) is 4.09. The molecule has 1 fully saturated rings. The zero-order valence-corrected chi connectivity index (χ0v) is 17.9. The average molecular weight is 405 g/mol. The Morgan fingerprint density at radius 3 is 2.30 bits per heavy atom. The molecule has 0 spiro atoms. The molecule has 0 saturated carbocycles. The third-order valence-corrected chi connectivity index (χ3v) is 5.90. The Bertz CT molecular complexity index is 1010. The largest absolute Gasteiger partial charge is 0.368 e. The molecule has 156 valence electrons. The van der Waals surface area contributed by atoms with Gasteiger partial charge >= 0.3 is 0 Å². The Labute approximate surface area is 177 Å². The van der Waals surface area contributed by atoms with Crippen molar-refractivity contribution in [2.75, 3.05) is 36.1 Å².